The number of hydrogen-bond donors (Lipinski definition) is 1. The molecule has 0 radical (unpaired) electrons. The van der Waals surface area contributed by atoms with E-state index in [1.165, 1.54) is 19.3 Å². The molecule has 0 aromatic heterocycles. The van der Waals surface area contributed by atoms with Gasteiger partial charge in [-0.15, -0.1) is 0 Å². The molecule has 0 saturated heterocycles. The van der Waals surface area contributed by atoms with E-state index in [1.807, 2.05) is 7.05 Å². The zero-order valence-corrected chi connectivity index (χ0v) is 10.6. The molecular weight excluding hydrogens is 190 g/mol. The van der Waals surface area contributed by atoms with Gasteiger partial charge < -0.3 is 14.8 Å². The van der Waals surface area contributed by atoms with Gasteiger partial charge in [0.15, 0.2) is 0 Å². The van der Waals surface area contributed by atoms with Gasteiger partial charge in [-0.2, -0.15) is 0 Å². The normalized spacial score (nSPS) is 13.0. The highest BCUT2D eigenvalue weighted by molar-refractivity contribution is 4.61. The minimum Gasteiger partial charge on any atom is -0.379 e. The smallest absolute Gasteiger partial charge is 0.0701 e. The first-order valence-electron chi connectivity index (χ1n) is 6.17. The Hall–Kier alpha value is -0.120. The van der Waals surface area contributed by atoms with Crippen molar-refractivity contribution >= 4 is 0 Å². The van der Waals surface area contributed by atoms with Crippen LogP contribution < -0.4 is 5.32 Å². The molecule has 0 aliphatic carbocycles. The maximum absolute atomic E-state index is 5.53. The van der Waals surface area contributed by atoms with Gasteiger partial charge in [-0.05, 0) is 19.9 Å². The molecular formula is C12H27NO2. The lowest BCUT2D eigenvalue weighted by Gasteiger charge is -2.15. The number of unbranched alkanes of at least 4 members (excludes halogenated alkanes) is 1. The Morgan fingerprint density at radius 2 is 1.73 bits per heavy atom. The number of likely N-dealkylation sites (N-methyl/N-ethyl adjacent to an activating group) is 1. The average Bonchev–Trinajstić information content (AvgIpc) is 2.26. The number of nitrogens with one attached hydrogen (secondary N) is 1. The molecule has 0 saturated carbocycles. The van der Waals surface area contributed by atoms with Crippen molar-refractivity contribution in [3.05, 3.63) is 0 Å². The highest BCUT2D eigenvalue weighted by Gasteiger charge is 2.03. The van der Waals surface area contributed by atoms with Crippen LogP contribution in [0.3, 0.4) is 0 Å². The monoisotopic (exact) mass is 217 g/mol. The van der Waals surface area contributed by atoms with E-state index in [-0.39, 0.29) is 0 Å². The first-order chi connectivity index (χ1) is 7.35. The lowest BCUT2D eigenvalue weighted by Crippen LogP contribution is -2.30. The third-order valence-corrected chi connectivity index (χ3v) is 2.38. The molecule has 0 rings (SSSR count). The zero-order valence-electron chi connectivity index (χ0n) is 10.6. The van der Waals surface area contributed by atoms with Crippen LogP contribution in [0, 0.1) is 0 Å². The van der Waals surface area contributed by atoms with E-state index in [0.29, 0.717) is 12.6 Å². The van der Waals surface area contributed by atoms with Crippen LogP contribution >= 0.6 is 0 Å². The number of hydrogen-bond acceptors (Lipinski definition) is 3. The van der Waals surface area contributed by atoms with Gasteiger partial charge in [0.05, 0.1) is 19.8 Å². The summed E-state index contributed by atoms with van der Waals surface area (Å²) in [5, 5.41) is 3.25. The highest BCUT2D eigenvalue weighted by Crippen LogP contribution is 1.96. The first kappa shape index (κ1) is 14.9. The topological polar surface area (TPSA) is 30.5 Å². The van der Waals surface area contributed by atoms with Crippen molar-refractivity contribution in [2.75, 3.05) is 33.5 Å². The summed E-state index contributed by atoms with van der Waals surface area (Å²) in [5.74, 6) is 0. The minimum absolute atomic E-state index is 0.491. The summed E-state index contributed by atoms with van der Waals surface area (Å²) in [7, 11) is 1.99. The summed E-state index contributed by atoms with van der Waals surface area (Å²) in [6, 6.07) is 0.491. The zero-order chi connectivity index (χ0) is 11.4. The molecule has 1 atom stereocenters. The van der Waals surface area contributed by atoms with Crippen LogP contribution in [-0.4, -0.2) is 39.5 Å². The van der Waals surface area contributed by atoms with E-state index in [0.717, 1.165) is 26.2 Å². The van der Waals surface area contributed by atoms with Crippen molar-refractivity contribution < 1.29 is 9.47 Å². The second kappa shape index (κ2) is 12.0. The number of ether oxygens (including phenoxy) is 2. The van der Waals surface area contributed by atoms with Crippen LogP contribution in [0.25, 0.3) is 0 Å². The van der Waals surface area contributed by atoms with Crippen LogP contribution in [0.5, 0.6) is 0 Å². The van der Waals surface area contributed by atoms with Gasteiger partial charge in [-0.25, -0.2) is 0 Å². The molecule has 0 spiro atoms. The van der Waals surface area contributed by atoms with Gasteiger partial charge in [0.2, 0.25) is 0 Å². The molecule has 0 fully saturated rings. The Balaban J connectivity index is 3.14. The largest absolute Gasteiger partial charge is 0.379 e. The first-order valence-corrected chi connectivity index (χ1v) is 6.17. The highest BCUT2D eigenvalue weighted by atomic mass is 16.5. The summed E-state index contributed by atoms with van der Waals surface area (Å²) in [6.07, 6.45) is 4.71. The van der Waals surface area contributed by atoms with E-state index in [2.05, 4.69) is 19.2 Å². The van der Waals surface area contributed by atoms with Gasteiger partial charge in [0.1, 0.15) is 0 Å². The lowest BCUT2D eigenvalue weighted by molar-refractivity contribution is 0.0380. The second-order valence-electron chi connectivity index (χ2n) is 3.82. The maximum Gasteiger partial charge on any atom is 0.0701 e. The third kappa shape index (κ3) is 10.2. The predicted molar refractivity (Wildman–Crippen MR) is 64.3 cm³/mol. The Bertz CT molecular complexity index is 120. The molecule has 0 aliphatic rings. The Kier molecular flexibility index (Phi) is 11.9. The summed E-state index contributed by atoms with van der Waals surface area (Å²) in [4.78, 5) is 0. The van der Waals surface area contributed by atoms with Crippen molar-refractivity contribution in [3.8, 4) is 0 Å². The van der Waals surface area contributed by atoms with E-state index in [4.69, 9.17) is 9.47 Å². The van der Waals surface area contributed by atoms with Crippen LogP contribution in [0.1, 0.15) is 39.5 Å². The van der Waals surface area contributed by atoms with Gasteiger partial charge in [0.25, 0.3) is 0 Å². The molecule has 0 bridgehead atoms. The maximum atomic E-state index is 5.53. The average molecular weight is 217 g/mol. The molecule has 1 unspecified atom stereocenters. The van der Waals surface area contributed by atoms with Crippen molar-refractivity contribution in [1.82, 2.24) is 5.32 Å². The summed E-state index contributed by atoms with van der Waals surface area (Å²) >= 11 is 0. The van der Waals surface area contributed by atoms with Crippen molar-refractivity contribution in [1.29, 1.82) is 0 Å². The Morgan fingerprint density at radius 1 is 1.00 bits per heavy atom. The quantitative estimate of drug-likeness (QED) is 0.538. The molecule has 15 heavy (non-hydrogen) atoms. The van der Waals surface area contributed by atoms with Gasteiger partial charge in [-0.1, -0.05) is 26.7 Å². The standard InChI is InChI=1S/C12H27NO2/c1-4-6-8-14-9-10-15-11-12(13-3)7-5-2/h12-13H,4-11H2,1-3H3. The SMILES string of the molecule is CCCCOCCOCC(CCC)NC. The van der Waals surface area contributed by atoms with E-state index in [1.54, 1.807) is 0 Å². The fourth-order valence-corrected chi connectivity index (χ4v) is 1.35. The molecule has 0 aromatic rings. The van der Waals surface area contributed by atoms with Crippen LogP contribution in [0.2, 0.25) is 0 Å². The lowest BCUT2D eigenvalue weighted by atomic mass is 10.2. The minimum atomic E-state index is 0.491. The molecule has 0 amide bonds. The second-order valence-corrected chi connectivity index (χ2v) is 3.82. The number of rotatable bonds is 11. The van der Waals surface area contributed by atoms with Gasteiger partial charge in [-0.3, -0.25) is 0 Å². The van der Waals surface area contributed by atoms with E-state index < -0.39 is 0 Å². The van der Waals surface area contributed by atoms with Crippen LogP contribution in [0.4, 0.5) is 0 Å². The fourth-order valence-electron chi connectivity index (χ4n) is 1.35. The molecule has 0 heterocycles. The molecule has 3 nitrogen and oxygen atoms in total. The molecule has 92 valence electrons. The summed E-state index contributed by atoms with van der Waals surface area (Å²) in [5.41, 5.74) is 0. The predicted octanol–water partition coefficient (Wildman–Crippen LogP) is 2.21. The molecule has 1 N–H and O–H groups in total. The summed E-state index contributed by atoms with van der Waals surface area (Å²) < 4.78 is 10.9. The van der Waals surface area contributed by atoms with E-state index in [9.17, 15) is 0 Å². The Morgan fingerprint density at radius 3 is 2.33 bits per heavy atom. The van der Waals surface area contributed by atoms with E-state index >= 15 is 0 Å². The van der Waals surface area contributed by atoms with Gasteiger partial charge in [0, 0.05) is 12.6 Å². The molecule has 3 heteroatoms. The van der Waals surface area contributed by atoms with Crippen LogP contribution in [0.15, 0.2) is 0 Å². The Labute approximate surface area is 94.5 Å². The molecule has 0 aliphatic heterocycles. The van der Waals surface area contributed by atoms with Crippen LogP contribution in [-0.2, 0) is 9.47 Å². The third-order valence-electron chi connectivity index (χ3n) is 2.38. The fraction of sp³-hybridized carbons (Fsp3) is 1.00. The van der Waals surface area contributed by atoms with Crippen molar-refractivity contribution in [2.24, 2.45) is 0 Å². The van der Waals surface area contributed by atoms with Crippen molar-refractivity contribution in [2.45, 2.75) is 45.6 Å². The van der Waals surface area contributed by atoms with Gasteiger partial charge >= 0.3 is 0 Å². The van der Waals surface area contributed by atoms with Crippen molar-refractivity contribution in [3.63, 3.8) is 0 Å². The summed E-state index contributed by atoms with van der Waals surface area (Å²) in [6.45, 7) is 7.46. The molecule has 0 aromatic carbocycles.